The molecule has 2 unspecified atom stereocenters. The van der Waals surface area contributed by atoms with E-state index in [1.165, 1.54) is 21.8 Å². The van der Waals surface area contributed by atoms with Gasteiger partial charge in [-0.3, -0.25) is 14.6 Å². The number of carbonyl (C=O) groups excluding carboxylic acids is 3. The molecule has 2 fully saturated rings. The summed E-state index contributed by atoms with van der Waals surface area (Å²) in [5, 5.41) is 0. The van der Waals surface area contributed by atoms with Gasteiger partial charge in [0.25, 0.3) is 0 Å². The Labute approximate surface area is 191 Å². The minimum absolute atomic E-state index is 0.240. The van der Waals surface area contributed by atoms with Crippen LogP contribution in [0.3, 0.4) is 0 Å². The molecule has 2 saturated heterocycles. The van der Waals surface area contributed by atoms with E-state index >= 15 is 0 Å². The molecular formula is C22H23N4O6S. The van der Waals surface area contributed by atoms with E-state index in [4.69, 9.17) is 10.5 Å². The smallest absolute Gasteiger partial charge is 0.409 e. The van der Waals surface area contributed by atoms with Crippen molar-refractivity contribution in [1.82, 2.24) is 14.2 Å². The second-order valence-corrected chi connectivity index (χ2v) is 9.82. The number of nitrogens with two attached hydrogens (primary N) is 1. The number of nitrogens with zero attached hydrogens (tertiary/aromatic N) is 3. The van der Waals surface area contributed by atoms with Gasteiger partial charge in [-0.1, -0.05) is 18.2 Å². The summed E-state index contributed by atoms with van der Waals surface area (Å²) in [6.07, 6.45) is 2.78. The van der Waals surface area contributed by atoms with Gasteiger partial charge < -0.3 is 15.4 Å². The number of benzene rings is 1. The highest BCUT2D eigenvalue weighted by Gasteiger charge is 2.53. The largest absolute Gasteiger partial charge is 0.411 e. The number of aromatic nitrogens is 1. The molecule has 4 rings (SSSR count). The number of carbonyl (C=O) groups is 3. The van der Waals surface area contributed by atoms with Crippen molar-refractivity contribution < 1.29 is 27.5 Å². The maximum Gasteiger partial charge on any atom is 0.409 e. The molecular weight excluding hydrogens is 448 g/mol. The summed E-state index contributed by atoms with van der Waals surface area (Å²) in [4.78, 5) is 41.8. The molecule has 2 N–H and O–H groups in total. The number of hydrogen-bond donors (Lipinski definition) is 1. The third-order valence-electron chi connectivity index (χ3n) is 5.73. The van der Waals surface area contributed by atoms with Crippen LogP contribution in [-0.4, -0.2) is 65.6 Å². The number of ketones is 1. The molecule has 1 aromatic heterocycles. The lowest BCUT2D eigenvalue weighted by atomic mass is 10.1. The number of primary amides is 1. The molecule has 33 heavy (non-hydrogen) atoms. The van der Waals surface area contributed by atoms with E-state index in [2.05, 4.69) is 4.98 Å². The molecule has 1 radical (unpaired) electrons. The number of Topliss-reactive ketones (excluding diaryl/α,β-unsaturated/α-hetero) is 1. The topological polar surface area (TPSA) is 140 Å². The number of hydrogen-bond acceptors (Lipinski definition) is 7. The number of likely N-dealkylation sites (tertiary alicyclic amines) is 1. The van der Waals surface area contributed by atoms with E-state index in [0.717, 1.165) is 5.56 Å². The van der Waals surface area contributed by atoms with Crippen LogP contribution in [-0.2, 0) is 31.8 Å². The molecule has 173 valence electrons. The van der Waals surface area contributed by atoms with Gasteiger partial charge in [-0.15, -0.1) is 0 Å². The van der Waals surface area contributed by atoms with Crippen LogP contribution in [0.25, 0.3) is 0 Å². The molecule has 0 saturated carbocycles. The summed E-state index contributed by atoms with van der Waals surface area (Å²) in [7, 11) is -3.76. The molecule has 11 heteroatoms. The minimum Gasteiger partial charge on any atom is -0.411 e. The standard InChI is InChI=1S/C22H23N4O6S/c23-22(29)32-17-7-4-15(5-8-17)6-9-20(28)25-12-10-18-21(25)19(27)13-26(18)33(30,31)14-16-3-1-2-11-24-16/h1-5,7-9,11,18,21H,6,10,12-14H2,(H2,23,29). The number of rotatable bonds is 7. The third-order valence-corrected chi connectivity index (χ3v) is 7.50. The van der Waals surface area contributed by atoms with Crippen molar-refractivity contribution in [2.24, 2.45) is 5.73 Å². The van der Waals surface area contributed by atoms with Crippen molar-refractivity contribution in [3.8, 4) is 5.75 Å². The summed E-state index contributed by atoms with van der Waals surface area (Å²) in [6, 6.07) is 10.2. The predicted molar refractivity (Wildman–Crippen MR) is 117 cm³/mol. The maximum absolute atomic E-state index is 13.0. The summed E-state index contributed by atoms with van der Waals surface area (Å²) in [5.41, 5.74) is 6.17. The lowest BCUT2D eigenvalue weighted by molar-refractivity contribution is -0.133. The van der Waals surface area contributed by atoms with E-state index in [9.17, 15) is 22.8 Å². The second-order valence-electron chi connectivity index (χ2n) is 7.89. The lowest BCUT2D eigenvalue weighted by Crippen LogP contribution is -2.43. The van der Waals surface area contributed by atoms with Crippen molar-refractivity contribution in [3.63, 3.8) is 0 Å². The molecule has 2 aliphatic heterocycles. The normalized spacial score (nSPS) is 20.6. The first-order valence-corrected chi connectivity index (χ1v) is 12.0. The summed E-state index contributed by atoms with van der Waals surface area (Å²) in [6.45, 7) is 0.0625. The van der Waals surface area contributed by atoms with Gasteiger partial charge in [0.2, 0.25) is 15.9 Å². The first-order valence-electron chi connectivity index (χ1n) is 10.4. The molecule has 2 aromatic rings. The van der Waals surface area contributed by atoms with E-state index in [1.807, 2.05) is 0 Å². The van der Waals surface area contributed by atoms with Gasteiger partial charge >= 0.3 is 6.09 Å². The van der Waals surface area contributed by atoms with Crippen LogP contribution in [0.4, 0.5) is 4.79 Å². The molecule has 1 aromatic carbocycles. The molecule has 2 aliphatic rings. The van der Waals surface area contributed by atoms with Crippen molar-refractivity contribution >= 4 is 27.8 Å². The van der Waals surface area contributed by atoms with Crippen LogP contribution in [0.2, 0.25) is 0 Å². The second kappa shape index (κ2) is 9.28. The Morgan fingerprint density at radius 1 is 1.18 bits per heavy atom. The van der Waals surface area contributed by atoms with E-state index in [0.29, 0.717) is 30.8 Å². The molecule has 0 bridgehead atoms. The Hall–Kier alpha value is -3.31. The Bertz CT molecular complexity index is 1150. The van der Waals surface area contributed by atoms with Gasteiger partial charge in [-0.25, -0.2) is 13.2 Å². The molecule has 3 heterocycles. The van der Waals surface area contributed by atoms with Crippen molar-refractivity contribution in [1.29, 1.82) is 0 Å². The van der Waals surface area contributed by atoms with Gasteiger partial charge in [-0.2, -0.15) is 4.31 Å². The Morgan fingerprint density at radius 2 is 1.94 bits per heavy atom. The first kappa shape index (κ1) is 22.9. The number of ether oxygens (including phenoxy) is 1. The van der Waals surface area contributed by atoms with Crippen molar-refractivity contribution in [2.75, 3.05) is 13.1 Å². The maximum atomic E-state index is 13.0. The number of fused-ring (bicyclic) bond motifs is 1. The highest BCUT2D eigenvalue weighted by Crippen LogP contribution is 2.33. The Morgan fingerprint density at radius 3 is 2.61 bits per heavy atom. The molecule has 2 atom stereocenters. The van der Waals surface area contributed by atoms with Crippen LogP contribution >= 0.6 is 0 Å². The zero-order chi connectivity index (χ0) is 23.6. The van der Waals surface area contributed by atoms with E-state index in [1.54, 1.807) is 42.5 Å². The monoisotopic (exact) mass is 471 g/mol. The Kier molecular flexibility index (Phi) is 6.43. The van der Waals surface area contributed by atoms with Crippen LogP contribution in [0, 0.1) is 6.42 Å². The van der Waals surface area contributed by atoms with Gasteiger partial charge in [0.1, 0.15) is 17.5 Å². The fourth-order valence-corrected chi connectivity index (χ4v) is 5.94. The molecule has 2 amide bonds. The molecule has 0 aliphatic carbocycles. The van der Waals surface area contributed by atoms with Gasteiger partial charge in [0, 0.05) is 12.7 Å². The quantitative estimate of drug-likeness (QED) is 0.626. The third kappa shape index (κ3) is 5.04. The number of sulfonamides is 1. The summed E-state index contributed by atoms with van der Waals surface area (Å²) < 4.78 is 31.9. The summed E-state index contributed by atoms with van der Waals surface area (Å²) in [5.74, 6) is -0.600. The number of amides is 2. The van der Waals surface area contributed by atoms with Gasteiger partial charge in [0.05, 0.1) is 24.7 Å². The van der Waals surface area contributed by atoms with Crippen LogP contribution in [0.15, 0.2) is 48.7 Å². The summed E-state index contributed by atoms with van der Waals surface area (Å²) >= 11 is 0. The fourth-order valence-electron chi connectivity index (χ4n) is 4.27. The fraction of sp³-hybridized carbons (Fsp3) is 0.318. The minimum atomic E-state index is -3.76. The molecule has 0 spiro atoms. The highest BCUT2D eigenvalue weighted by atomic mass is 32.2. The van der Waals surface area contributed by atoms with Gasteiger partial charge in [0.15, 0.2) is 5.78 Å². The first-order chi connectivity index (χ1) is 15.7. The Balaban J connectivity index is 1.38. The number of pyridine rings is 1. The van der Waals surface area contributed by atoms with Crippen LogP contribution in [0.5, 0.6) is 5.75 Å². The van der Waals surface area contributed by atoms with Crippen molar-refractivity contribution in [2.45, 2.75) is 30.7 Å². The zero-order valence-electron chi connectivity index (χ0n) is 17.7. The average molecular weight is 472 g/mol. The lowest BCUT2D eigenvalue weighted by Gasteiger charge is -2.24. The van der Waals surface area contributed by atoms with Gasteiger partial charge in [-0.05, 0) is 42.7 Å². The van der Waals surface area contributed by atoms with E-state index < -0.39 is 28.2 Å². The van der Waals surface area contributed by atoms with Crippen molar-refractivity contribution in [3.05, 3.63) is 66.3 Å². The van der Waals surface area contributed by atoms with E-state index in [-0.39, 0.29) is 24.0 Å². The predicted octanol–water partition coefficient (Wildman–Crippen LogP) is 0.670. The van der Waals surface area contributed by atoms with Crippen LogP contribution in [0.1, 0.15) is 17.7 Å². The zero-order valence-corrected chi connectivity index (χ0v) is 18.5. The average Bonchev–Trinajstić information content (AvgIpc) is 3.35. The molecule has 10 nitrogen and oxygen atoms in total. The SMILES string of the molecule is NC(=O)Oc1ccc(C[CH]C(=O)N2CCC3C2C(=O)CN3S(=O)(=O)Cc2ccccn2)cc1. The highest BCUT2D eigenvalue weighted by molar-refractivity contribution is 7.88. The van der Waals surface area contributed by atoms with Crippen LogP contribution < -0.4 is 10.5 Å².